The van der Waals surface area contributed by atoms with Crippen LogP contribution in [-0.2, 0) is 25.9 Å². The molecule has 0 saturated carbocycles. The lowest BCUT2D eigenvalue weighted by atomic mass is 10.1. The van der Waals surface area contributed by atoms with E-state index in [0.29, 0.717) is 6.54 Å². The lowest BCUT2D eigenvalue weighted by Gasteiger charge is -2.13. The largest absolute Gasteiger partial charge is 0.496 e. The molecule has 1 aromatic carbocycles. The van der Waals surface area contributed by atoms with Gasteiger partial charge in [-0.15, -0.1) is 10.2 Å². The van der Waals surface area contributed by atoms with Gasteiger partial charge < -0.3 is 19.9 Å². The minimum atomic E-state index is 0.626. The van der Waals surface area contributed by atoms with Crippen molar-refractivity contribution in [1.82, 2.24) is 25.4 Å². The van der Waals surface area contributed by atoms with Gasteiger partial charge in [-0.25, -0.2) is 0 Å². The van der Waals surface area contributed by atoms with E-state index in [9.17, 15) is 0 Å². The number of para-hydroxylation sites is 1. The number of rotatable bonds is 6. The Labute approximate surface area is 154 Å². The number of hydrogen-bond donors (Lipinski definition) is 2. The van der Waals surface area contributed by atoms with Gasteiger partial charge >= 0.3 is 0 Å². The first-order valence-electron chi connectivity index (χ1n) is 9.29. The highest BCUT2D eigenvalue weighted by Gasteiger charge is 2.14. The summed E-state index contributed by atoms with van der Waals surface area (Å²) in [5, 5.41) is 15.4. The van der Waals surface area contributed by atoms with Crippen molar-refractivity contribution < 1.29 is 4.74 Å². The number of fused-ring (bicyclic) bond motifs is 1. The van der Waals surface area contributed by atoms with Crippen molar-refractivity contribution in [2.75, 3.05) is 20.7 Å². The Balaban J connectivity index is 1.50. The number of methoxy groups -OCH3 is 1. The van der Waals surface area contributed by atoms with E-state index in [1.807, 2.05) is 18.2 Å². The van der Waals surface area contributed by atoms with Crippen LogP contribution in [0.25, 0.3) is 0 Å². The van der Waals surface area contributed by atoms with Crippen LogP contribution in [0.1, 0.15) is 36.5 Å². The molecule has 3 rings (SSSR count). The highest BCUT2D eigenvalue weighted by Crippen LogP contribution is 2.17. The van der Waals surface area contributed by atoms with Gasteiger partial charge in [-0.2, -0.15) is 0 Å². The normalized spacial score (nSPS) is 14.5. The first kappa shape index (κ1) is 18.2. The first-order chi connectivity index (χ1) is 12.8. The van der Waals surface area contributed by atoms with Crippen molar-refractivity contribution in [2.24, 2.45) is 4.99 Å². The van der Waals surface area contributed by atoms with Gasteiger partial charge in [-0.1, -0.05) is 24.6 Å². The second-order valence-corrected chi connectivity index (χ2v) is 6.41. The predicted octanol–water partition coefficient (Wildman–Crippen LogP) is 1.92. The zero-order chi connectivity index (χ0) is 18.2. The molecule has 7 nitrogen and oxygen atoms in total. The molecule has 1 aromatic heterocycles. The van der Waals surface area contributed by atoms with Crippen molar-refractivity contribution >= 4 is 5.96 Å². The van der Waals surface area contributed by atoms with Gasteiger partial charge in [0.1, 0.15) is 11.6 Å². The smallest absolute Gasteiger partial charge is 0.191 e. The van der Waals surface area contributed by atoms with Gasteiger partial charge in [0.25, 0.3) is 0 Å². The Hall–Kier alpha value is -2.57. The number of aliphatic imine (C=N–C) groups is 1. The number of hydrogen-bond acceptors (Lipinski definition) is 4. The summed E-state index contributed by atoms with van der Waals surface area (Å²) in [6.45, 7) is 2.42. The molecule has 1 aliphatic heterocycles. The van der Waals surface area contributed by atoms with Crippen LogP contribution in [0.15, 0.2) is 29.3 Å². The number of nitrogens with one attached hydrogen (secondary N) is 2. The zero-order valence-corrected chi connectivity index (χ0v) is 15.7. The van der Waals surface area contributed by atoms with Crippen LogP contribution in [0.5, 0.6) is 5.75 Å². The average molecular weight is 356 g/mol. The number of benzene rings is 1. The van der Waals surface area contributed by atoms with Crippen molar-refractivity contribution in [3.8, 4) is 5.75 Å². The van der Waals surface area contributed by atoms with Crippen LogP contribution >= 0.6 is 0 Å². The Morgan fingerprint density at radius 2 is 2.08 bits per heavy atom. The molecule has 0 aliphatic carbocycles. The van der Waals surface area contributed by atoms with E-state index in [2.05, 4.69) is 36.5 Å². The summed E-state index contributed by atoms with van der Waals surface area (Å²) >= 11 is 0. The van der Waals surface area contributed by atoms with Crippen LogP contribution in [0.4, 0.5) is 0 Å². The SMILES string of the molecule is CN=C(NCCc1ccccc1OC)NCc1nnc2n1CCCCC2. The zero-order valence-electron chi connectivity index (χ0n) is 15.7. The number of nitrogens with zero attached hydrogens (tertiary/aromatic N) is 4. The summed E-state index contributed by atoms with van der Waals surface area (Å²) in [7, 11) is 3.48. The van der Waals surface area contributed by atoms with Crippen molar-refractivity contribution in [2.45, 2.75) is 45.2 Å². The molecule has 2 N–H and O–H groups in total. The van der Waals surface area contributed by atoms with Gasteiger partial charge in [0, 0.05) is 26.6 Å². The first-order valence-corrected chi connectivity index (χ1v) is 9.29. The molecule has 0 radical (unpaired) electrons. The molecule has 0 spiro atoms. The Morgan fingerprint density at radius 3 is 2.92 bits per heavy atom. The minimum absolute atomic E-state index is 0.626. The third-order valence-electron chi connectivity index (χ3n) is 4.70. The van der Waals surface area contributed by atoms with E-state index < -0.39 is 0 Å². The summed E-state index contributed by atoms with van der Waals surface area (Å²) in [4.78, 5) is 4.30. The lowest BCUT2D eigenvalue weighted by Crippen LogP contribution is -2.38. The van der Waals surface area contributed by atoms with Crippen molar-refractivity contribution in [3.05, 3.63) is 41.5 Å². The quantitative estimate of drug-likeness (QED) is 0.611. The van der Waals surface area contributed by atoms with Crippen molar-refractivity contribution in [1.29, 1.82) is 0 Å². The van der Waals surface area contributed by atoms with E-state index >= 15 is 0 Å². The van der Waals surface area contributed by atoms with Crippen LogP contribution < -0.4 is 15.4 Å². The Morgan fingerprint density at radius 1 is 1.19 bits per heavy atom. The fraction of sp³-hybridized carbons (Fsp3) is 0.526. The van der Waals surface area contributed by atoms with E-state index in [0.717, 1.165) is 49.3 Å². The molecule has 0 bridgehead atoms. The molecule has 0 fully saturated rings. The molecule has 1 aliphatic rings. The molecule has 0 unspecified atom stereocenters. The van der Waals surface area contributed by atoms with Crippen LogP contribution in [0, 0.1) is 0 Å². The van der Waals surface area contributed by atoms with Gasteiger partial charge in [0.2, 0.25) is 0 Å². The summed E-state index contributed by atoms with van der Waals surface area (Å²) in [5.41, 5.74) is 1.18. The summed E-state index contributed by atoms with van der Waals surface area (Å²) < 4.78 is 7.65. The minimum Gasteiger partial charge on any atom is -0.496 e. The maximum atomic E-state index is 5.40. The van der Waals surface area contributed by atoms with E-state index in [1.165, 1.54) is 24.8 Å². The van der Waals surface area contributed by atoms with Crippen LogP contribution in [0.2, 0.25) is 0 Å². The maximum Gasteiger partial charge on any atom is 0.191 e. The third kappa shape index (κ3) is 4.53. The van der Waals surface area contributed by atoms with Gasteiger partial charge in [-0.3, -0.25) is 4.99 Å². The van der Waals surface area contributed by atoms with Crippen LogP contribution in [-0.4, -0.2) is 41.4 Å². The monoisotopic (exact) mass is 356 g/mol. The lowest BCUT2D eigenvalue weighted by molar-refractivity contribution is 0.409. The highest BCUT2D eigenvalue weighted by atomic mass is 16.5. The molecule has 0 atom stereocenters. The Bertz CT molecular complexity index is 739. The number of aryl methyl sites for hydroxylation is 1. The maximum absolute atomic E-state index is 5.40. The molecular formula is C19H28N6O. The third-order valence-corrected chi connectivity index (χ3v) is 4.70. The summed E-state index contributed by atoms with van der Waals surface area (Å²) in [6.07, 6.45) is 5.56. The van der Waals surface area contributed by atoms with E-state index in [4.69, 9.17) is 4.74 Å². The second kappa shape index (κ2) is 9.22. The summed E-state index contributed by atoms with van der Waals surface area (Å²) in [5.74, 6) is 3.78. The highest BCUT2D eigenvalue weighted by molar-refractivity contribution is 5.79. The molecule has 26 heavy (non-hydrogen) atoms. The van der Waals surface area contributed by atoms with E-state index in [-0.39, 0.29) is 0 Å². The van der Waals surface area contributed by atoms with E-state index in [1.54, 1.807) is 14.2 Å². The molecule has 0 amide bonds. The second-order valence-electron chi connectivity index (χ2n) is 6.41. The topological polar surface area (TPSA) is 76.4 Å². The number of ether oxygens (including phenoxy) is 1. The molecule has 2 aromatic rings. The Kier molecular flexibility index (Phi) is 6.46. The van der Waals surface area contributed by atoms with Crippen LogP contribution in [0.3, 0.4) is 0 Å². The molecule has 2 heterocycles. The molecule has 7 heteroatoms. The van der Waals surface area contributed by atoms with Gasteiger partial charge in [0.05, 0.1) is 13.7 Å². The molecular weight excluding hydrogens is 328 g/mol. The average Bonchev–Trinajstić information content (AvgIpc) is 2.91. The molecule has 140 valence electrons. The number of aromatic nitrogens is 3. The molecule has 0 saturated heterocycles. The predicted molar refractivity (Wildman–Crippen MR) is 102 cm³/mol. The fourth-order valence-electron chi connectivity index (χ4n) is 3.28. The number of guanidine groups is 1. The standard InChI is InChI=1S/C19H28N6O/c1-20-19(21-12-11-15-8-5-6-9-16(15)26-2)22-14-18-24-23-17-10-4-3-7-13-25(17)18/h5-6,8-9H,3-4,7,10-14H2,1-2H3,(H2,20,21,22). The van der Waals surface area contributed by atoms with Crippen molar-refractivity contribution in [3.63, 3.8) is 0 Å². The van der Waals surface area contributed by atoms with Gasteiger partial charge in [-0.05, 0) is 30.9 Å². The fourth-order valence-corrected chi connectivity index (χ4v) is 3.28. The summed E-state index contributed by atoms with van der Waals surface area (Å²) in [6, 6.07) is 8.08. The van der Waals surface area contributed by atoms with Gasteiger partial charge in [0.15, 0.2) is 11.8 Å².